The molecule has 2 aromatic rings. The van der Waals surface area contributed by atoms with Crippen molar-refractivity contribution in [3.8, 4) is 0 Å². The van der Waals surface area contributed by atoms with Gasteiger partial charge in [0.05, 0.1) is 16.8 Å². The average molecular weight is 621 g/mol. The number of ether oxygens (including phenoxy) is 1. The number of pyridine rings is 1. The minimum Gasteiger partial charge on any atom is -0.363 e. The molecule has 43 heavy (non-hydrogen) atoms. The van der Waals surface area contributed by atoms with E-state index in [9.17, 15) is 22.8 Å². The summed E-state index contributed by atoms with van der Waals surface area (Å²) < 4.78 is 47.4. The first-order valence-electron chi connectivity index (χ1n) is 14.2. The van der Waals surface area contributed by atoms with Crippen molar-refractivity contribution < 1.29 is 27.5 Å². The van der Waals surface area contributed by atoms with Crippen molar-refractivity contribution in [3.05, 3.63) is 88.0 Å². The summed E-state index contributed by atoms with van der Waals surface area (Å²) in [5, 5.41) is 9.16. The third-order valence-electron chi connectivity index (χ3n) is 7.46. The lowest BCUT2D eigenvalue weighted by Gasteiger charge is -2.46. The zero-order chi connectivity index (χ0) is 31.2. The molecule has 3 N–H and O–H groups in total. The van der Waals surface area contributed by atoms with Gasteiger partial charge in [0, 0.05) is 68.4 Å². The number of amides is 2. The van der Waals surface area contributed by atoms with Crippen molar-refractivity contribution in [1.29, 1.82) is 0 Å². The molecule has 1 aromatic carbocycles. The van der Waals surface area contributed by atoms with E-state index in [0.29, 0.717) is 43.9 Å². The van der Waals surface area contributed by atoms with E-state index in [0.717, 1.165) is 12.1 Å². The van der Waals surface area contributed by atoms with Gasteiger partial charge in [0.15, 0.2) is 5.72 Å². The van der Waals surface area contributed by atoms with Gasteiger partial charge in [0.1, 0.15) is 5.70 Å². The molecule has 1 fully saturated rings. The number of alkyl halides is 3. The maximum absolute atomic E-state index is 13.8. The highest BCUT2D eigenvalue weighted by Crippen LogP contribution is 2.36. The normalized spacial score (nSPS) is 20.7. The van der Waals surface area contributed by atoms with E-state index in [-0.39, 0.29) is 35.8 Å². The van der Waals surface area contributed by atoms with E-state index in [2.05, 4.69) is 20.9 Å². The van der Waals surface area contributed by atoms with Crippen molar-refractivity contribution in [2.75, 3.05) is 46.4 Å². The van der Waals surface area contributed by atoms with Gasteiger partial charge in [0.25, 0.3) is 11.8 Å². The van der Waals surface area contributed by atoms with Crippen LogP contribution in [0.3, 0.4) is 0 Å². The molecule has 13 heteroatoms. The van der Waals surface area contributed by atoms with Crippen molar-refractivity contribution in [3.63, 3.8) is 0 Å². The fourth-order valence-corrected chi connectivity index (χ4v) is 5.51. The van der Waals surface area contributed by atoms with Crippen LogP contribution in [0.2, 0.25) is 5.02 Å². The van der Waals surface area contributed by atoms with Crippen LogP contribution < -0.4 is 16.0 Å². The molecule has 0 saturated carbocycles. The Hall–Kier alpha value is -3.61. The molecule has 0 radical (unpaired) electrons. The molecule has 0 bridgehead atoms. The van der Waals surface area contributed by atoms with Gasteiger partial charge in [-0.3, -0.25) is 14.6 Å². The summed E-state index contributed by atoms with van der Waals surface area (Å²) in [5.41, 5.74) is -1.07. The maximum atomic E-state index is 13.8. The number of dihydropyridines is 1. The zero-order valence-electron chi connectivity index (χ0n) is 24.3. The summed E-state index contributed by atoms with van der Waals surface area (Å²) >= 11 is 5.82. The first-order chi connectivity index (χ1) is 20.5. The number of likely N-dealkylation sites (N-methyl/N-ethyl adjacent to an activating group) is 1. The Morgan fingerprint density at radius 3 is 2.65 bits per heavy atom. The molecule has 232 valence electrons. The number of aromatic nitrogens is 1. The van der Waals surface area contributed by atoms with Crippen molar-refractivity contribution in [2.24, 2.45) is 0 Å². The molecular weight excluding hydrogens is 585 g/mol. The summed E-state index contributed by atoms with van der Waals surface area (Å²) in [4.78, 5) is 34.6. The van der Waals surface area contributed by atoms with Crippen LogP contribution in [-0.2, 0) is 21.4 Å². The molecule has 2 amide bonds. The Labute approximate surface area is 254 Å². The number of carbonyl (C=O) groups excluding carboxylic acids is 2. The van der Waals surface area contributed by atoms with Crippen LogP contribution >= 0.6 is 11.6 Å². The lowest BCUT2D eigenvalue weighted by atomic mass is 9.97. The van der Waals surface area contributed by atoms with Crippen molar-refractivity contribution in [1.82, 2.24) is 30.7 Å². The number of piperazine rings is 1. The second-order valence-electron chi connectivity index (χ2n) is 10.2. The average Bonchev–Trinajstić information content (AvgIpc) is 3.00. The molecule has 1 unspecified atom stereocenters. The van der Waals surface area contributed by atoms with Crippen LogP contribution in [-0.4, -0.2) is 79.0 Å². The number of nitrogens with one attached hydrogen (secondary N) is 3. The van der Waals surface area contributed by atoms with Crippen molar-refractivity contribution in [2.45, 2.75) is 38.2 Å². The summed E-state index contributed by atoms with van der Waals surface area (Å²) in [6, 6.07) is 6.54. The highest BCUT2D eigenvalue weighted by Gasteiger charge is 2.41. The molecule has 2 aliphatic rings. The van der Waals surface area contributed by atoms with Gasteiger partial charge in [-0.2, -0.15) is 13.2 Å². The number of hydrogen-bond acceptors (Lipinski definition) is 7. The summed E-state index contributed by atoms with van der Waals surface area (Å²) in [6.07, 6.45) is 2.81. The van der Waals surface area contributed by atoms with Crippen LogP contribution in [0, 0.1) is 0 Å². The summed E-state index contributed by atoms with van der Waals surface area (Å²) in [6.45, 7) is 5.69. The van der Waals surface area contributed by atoms with E-state index in [1.807, 2.05) is 37.0 Å². The number of nitrogens with zero attached hydrogens (tertiary/aromatic N) is 3. The molecule has 1 aromatic heterocycles. The molecule has 4 rings (SSSR count). The number of hydrogen-bond donors (Lipinski definition) is 3. The maximum Gasteiger partial charge on any atom is 0.417 e. The van der Waals surface area contributed by atoms with Crippen LogP contribution in [0.25, 0.3) is 0 Å². The zero-order valence-corrected chi connectivity index (χ0v) is 25.1. The van der Waals surface area contributed by atoms with Gasteiger partial charge in [-0.05, 0) is 56.8 Å². The minimum atomic E-state index is -4.73. The van der Waals surface area contributed by atoms with Gasteiger partial charge in [-0.25, -0.2) is 0 Å². The molecule has 9 nitrogen and oxygen atoms in total. The van der Waals surface area contributed by atoms with Gasteiger partial charge in [0.2, 0.25) is 0 Å². The van der Waals surface area contributed by atoms with Gasteiger partial charge < -0.3 is 30.5 Å². The number of benzene rings is 1. The highest BCUT2D eigenvalue weighted by atomic mass is 35.5. The SMILES string of the molecule is CCOC1(c2cccnc2)C=CC(N2CCN(C(=O)c3ccc(Cl)cc3C(F)(F)F)C[C@H]2CC)=C(C(=O)NCCNC)N1. The third kappa shape index (κ3) is 7.14. The molecular formula is C30H36ClF3N6O3. The van der Waals surface area contributed by atoms with E-state index in [1.54, 1.807) is 25.5 Å². The summed E-state index contributed by atoms with van der Waals surface area (Å²) in [7, 11) is 1.79. The predicted octanol–water partition coefficient (Wildman–Crippen LogP) is 3.89. The second kappa shape index (κ2) is 13.8. The number of allylic oxidation sites excluding steroid dienone is 1. The van der Waals surface area contributed by atoms with Crippen LogP contribution in [0.4, 0.5) is 13.2 Å². The Bertz CT molecular complexity index is 1370. The second-order valence-corrected chi connectivity index (χ2v) is 10.6. The Morgan fingerprint density at radius 2 is 2.00 bits per heavy atom. The van der Waals surface area contributed by atoms with E-state index in [1.165, 1.54) is 11.0 Å². The lowest BCUT2D eigenvalue weighted by Crippen LogP contribution is -2.56. The molecule has 0 spiro atoms. The first-order valence-corrected chi connectivity index (χ1v) is 14.5. The van der Waals surface area contributed by atoms with Gasteiger partial charge in [-0.1, -0.05) is 24.6 Å². The minimum absolute atomic E-state index is 0.0985. The molecule has 3 heterocycles. The first kappa shape index (κ1) is 32.3. The van der Waals surface area contributed by atoms with Gasteiger partial charge >= 0.3 is 6.18 Å². The van der Waals surface area contributed by atoms with E-state index in [4.69, 9.17) is 16.3 Å². The van der Waals surface area contributed by atoms with Crippen molar-refractivity contribution >= 4 is 23.4 Å². The molecule has 1 saturated heterocycles. The highest BCUT2D eigenvalue weighted by molar-refractivity contribution is 6.30. The number of carbonyl (C=O) groups is 2. The Kier molecular flexibility index (Phi) is 10.4. The lowest BCUT2D eigenvalue weighted by molar-refractivity contribution is -0.138. The van der Waals surface area contributed by atoms with Crippen LogP contribution in [0.15, 0.2) is 66.3 Å². The van der Waals surface area contributed by atoms with Crippen LogP contribution in [0.1, 0.15) is 41.8 Å². The largest absolute Gasteiger partial charge is 0.417 e. The number of halogens is 4. The quantitative estimate of drug-likeness (QED) is 0.347. The molecule has 2 atom stereocenters. The van der Waals surface area contributed by atoms with E-state index < -0.39 is 28.9 Å². The number of rotatable bonds is 10. The fraction of sp³-hybridized carbons (Fsp3) is 0.433. The Balaban J connectivity index is 1.66. The van der Waals surface area contributed by atoms with E-state index >= 15 is 0 Å². The molecule has 0 aliphatic carbocycles. The molecule has 2 aliphatic heterocycles. The predicted molar refractivity (Wildman–Crippen MR) is 157 cm³/mol. The van der Waals surface area contributed by atoms with Gasteiger partial charge in [-0.15, -0.1) is 0 Å². The summed E-state index contributed by atoms with van der Waals surface area (Å²) in [5.74, 6) is -1.06. The smallest absolute Gasteiger partial charge is 0.363 e. The third-order valence-corrected chi connectivity index (χ3v) is 7.70. The van der Waals surface area contributed by atoms with Crippen LogP contribution in [0.5, 0.6) is 0 Å². The standard InChI is InChI=1S/C30H36ClF3N6O3/c1-4-22-19-39(28(42)23-9-8-21(31)17-24(23)30(32,33)34)15-16-40(22)25-10-11-29(43-5-2,20-7-6-12-36-18-20)38-26(25)27(41)37-14-13-35-3/h6-12,17-18,22,35,38H,4-5,13-16,19H2,1-3H3,(H,37,41)/t22-,29?/m1/s1. The Morgan fingerprint density at radius 1 is 1.21 bits per heavy atom. The monoisotopic (exact) mass is 620 g/mol. The topological polar surface area (TPSA) is 98.8 Å². The fourth-order valence-electron chi connectivity index (χ4n) is 5.33.